The fraction of sp³-hybridized carbons (Fsp3) is 0.125. The lowest BCUT2D eigenvalue weighted by Crippen LogP contribution is -2.17. The van der Waals surface area contributed by atoms with Crippen molar-refractivity contribution in [1.29, 1.82) is 0 Å². The van der Waals surface area contributed by atoms with Gasteiger partial charge in [-0.05, 0) is 37.1 Å². The van der Waals surface area contributed by atoms with Gasteiger partial charge >= 0.3 is 0 Å². The van der Waals surface area contributed by atoms with Gasteiger partial charge in [-0.1, -0.05) is 48.2 Å². The first-order valence-corrected chi connectivity index (χ1v) is 11.4. The van der Waals surface area contributed by atoms with E-state index in [-0.39, 0.29) is 28.0 Å². The van der Waals surface area contributed by atoms with Gasteiger partial charge in [0.05, 0.1) is 16.4 Å². The number of aromatic nitrogens is 3. The first-order valence-electron chi connectivity index (χ1n) is 10.4. The van der Waals surface area contributed by atoms with E-state index in [1.54, 1.807) is 44.2 Å². The zero-order valence-electron chi connectivity index (χ0n) is 18.7. The van der Waals surface area contributed by atoms with Gasteiger partial charge in [0, 0.05) is 17.7 Å². The normalized spacial score (nSPS) is 10.9. The number of anilines is 1. The predicted octanol–water partition coefficient (Wildman–Crippen LogP) is 5.47. The van der Waals surface area contributed by atoms with Crippen LogP contribution in [0.3, 0.4) is 0 Å². The number of carbonyl (C=O) groups excluding carboxylic acids is 1. The Balaban J connectivity index is 1.65. The number of nitro benzene ring substituents is 1. The topological polar surface area (TPSA) is 103 Å². The molecular weight excluding hydrogens is 476 g/mol. The summed E-state index contributed by atoms with van der Waals surface area (Å²) in [6.07, 6.45) is 0. The van der Waals surface area contributed by atoms with E-state index >= 15 is 0 Å². The summed E-state index contributed by atoms with van der Waals surface area (Å²) in [7, 11) is 0. The molecule has 0 fully saturated rings. The molecule has 0 aliphatic heterocycles. The van der Waals surface area contributed by atoms with Gasteiger partial charge in [0.25, 0.3) is 5.69 Å². The molecule has 0 saturated heterocycles. The molecule has 8 nitrogen and oxygen atoms in total. The summed E-state index contributed by atoms with van der Waals surface area (Å²) in [6, 6.07) is 15.0. The van der Waals surface area contributed by atoms with Crippen molar-refractivity contribution in [3.63, 3.8) is 0 Å². The van der Waals surface area contributed by atoms with Crippen LogP contribution in [0.15, 0.2) is 65.8 Å². The summed E-state index contributed by atoms with van der Waals surface area (Å²) >= 11 is 0.969. The van der Waals surface area contributed by atoms with Crippen LogP contribution in [0.2, 0.25) is 0 Å². The smallest absolute Gasteiger partial charge is 0.293 e. The van der Waals surface area contributed by atoms with E-state index < -0.39 is 22.5 Å². The number of rotatable bonds is 7. The van der Waals surface area contributed by atoms with Crippen molar-refractivity contribution in [2.24, 2.45) is 0 Å². The van der Waals surface area contributed by atoms with Crippen LogP contribution in [0.4, 0.5) is 20.2 Å². The summed E-state index contributed by atoms with van der Waals surface area (Å²) in [5, 5.41) is 22.5. The lowest BCUT2D eigenvalue weighted by atomic mass is 10.1. The molecule has 35 heavy (non-hydrogen) atoms. The van der Waals surface area contributed by atoms with E-state index in [9.17, 15) is 23.7 Å². The number of aryl methyl sites for hydroxylation is 1. The number of hydrogen-bond acceptors (Lipinski definition) is 6. The highest BCUT2D eigenvalue weighted by Crippen LogP contribution is 2.32. The van der Waals surface area contributed by atoms with Gasteiger partial charge < -0.3 is 5.32 Å². The third-order valence-electron chi connectivity index (χ3n) is 5.32. The van der Waals surface area contributed by atoms with Crippen LogP contribution in [0.1, 0.15) is 11.1 Å². The van der Waals surface area contributed by atoms with Gasteiger partial charge in [-0.3, -0.25) is 19.5 Å². The molecule has 1 heterocycles. The number of amides is 1. The van der Waals surface area contributed by atoms with Crippen molar-refractivity contribution < 1.29 is 18.5 Å². The number of nitro groups is 1. The van der Waals surface area contributed by atoms with Gasteiger partial charge in [-0.25, -0.2) is 8.78 Å². The maximum absolute atomic E-state index is 14.7. The van der Waals surface area contributed by atoms with Crippen LogP contribution in [0, 0.1) is 35.6 Å². The summed E-state index contributed by atoms with van der Waals surface area (Å²) in [6.45, 7) is 3.47. The van der Waals surface area contributed by atoms with Crippen molar-refractivity contribution in [1.82, 2.24) is 14.8 Å². The molecule has 1 aromatic heterocycles. The number of hydrogen-bond donors (Lipinski definition) is 1. The fourth-order valence-corrected chi connectivity index (χ4v) is 4.18. The third kappa shape index (κ3) is 5.04. The lowest BCUT2D eigenvalue weighted by molar-refractivity contribution is -0.384. The second-order valence-corrected chi connectivity index (χ2v) is 8.54. The highest BCUT2D eigenvalue weighted by molar-refractivity contribution is 7.99. The monoisotopic (exact) mass is 495 g/mol. The Morgan fingerprint density at radius 1 is 1.09 bits per heavy atom. The van der Waals surface area contributed by atoms with Crippen molar-refractivity contribution >= 4 is 29.0 Å². The van der Waals surface area contributed by atoms with Gasteiger partial charge in [0.1, 0.15) is 17.3 Å². The summed E-state index contributed by atoms with van der Waals surface area (Å²) in [5.74, 6) is -1.93. The van der Waals surface area contributed by atoms with E-state index in [0.717, 1.165) is 29.5 Å². The van der Waals surface area contributed by atoms with Crippen molar-refractivity contribution in [3.8, 4) is 17.1 Å². The summed E-state index contributed by atoms with van der Waals surface area (Å²) in [5.41, 5.74) is 1.94. The second kappa shape index (κ2) is 10.0. The van der Waals surface area contributed by atoms with Crippen molar-refractivity contribution in [2.75, 3.05) is 11.1 Å². The maximum atomic E-state index is 14.7. The molecule has 0 spiro atoms. The zero-order valence-corrected chi connectivity index (χ0v) is 19.5. The molecule has 0 bridgehead atoms. The molecule has 1 N–H and O–H groups in total. The lowest BCUT2D eigenvalue weighted by Gasteiger charge is -2.12. The molecular formula is C24H19F2N5O3S. The number of benzene rings is 3. The van der Waals surface area contributed by atoms with E-state index in [4.69, 9.17) is 0 Å². The van der Waals surface area contributed by atoms with E-state index in [1.165, 1.54) is 16.7 Å². The van der Waals surface area contributed by atoms with Crippen LogP contribution >= 0.6 is 11.8 Å². The first kappa shape index (κ1) is 24.0. The molecule has 4 rings (SSSR count). The largest absolute Gasteiger partial charge is 0.319 e. The molecule has 0 aliphatic rings. The number of carbonyl (C=O) groups is 1. The van der Waals surface area contributed by atoms with Crippen LogP contribution in [-0.4, -0.2) is 31.3 Å². The Bertz CT molecular complexity index is 1430. The quantitative estimate of drug-likeness (QED) is 0.207. The zero-order chi connectivity index (χ0) is 25.1. The van der Waals surface area contributed by atoms with Crippen molar-refractivity contribution in [3.05, 3.63) is 93.5 Å². The molecule has 11 heteroatoms. The molecule has 0 atom stereocenters. The number of nitrogens with zero attached hydrogens (tertiary/aromatic N) is 4. The highest BCUT2D eigenvalue weighted by atomic mass is 32.2. The Labute approximate surface area is 203 Å². The molecule has 3 aromatic carbocycles. The average molecular weight is 496 g/mol. The van der Waals surface area contributed by atoms with Crippen LogP contribution in [-0.2, 0) is 4.79 Å². The molecule has 0 saturated carbocycles. The Hall–Kier alpha value is -4.12. The number of nitrogens with one attached hydrogen (secondary N) is 1. The Morgan fingerprint density at radius 2 is 1.83 bits per heavy atom. The predicted molar refractivity (Wildman–Crippen MR) is 129 cm³/mol. The molecule has 0 aliphatic carbocycles. The standard InChI is InChI=1S/C24H19F2N5O3S/c1-14-8-10-20(31(33)34)22(15(14)2)27-21(32)13-35-24-29-28-23(16-6-4-3-5-7-16)30(24)19-11-9-17(25)12-18(19)26/h3-12H,13H2,1-2H3,(H,27,32). The number of thioether (sulfide) groups is 1. The molecule has 0 unspecified atom stereocenters. The van der Waals surface area contributed by atoms with Crippen LogP contribution in [0.25, 0.3) is 17.1 Å². The number of halogens is 2. The molecule has 1 amide bonds. The summed E-state index contributed by atoms with van der Waals surface area (Å²) < 4.78 is 29.7. The molecule has 0 radical (unpaired) electrons. The van der Waals surface area contributed by atoms with E-state index in [1.807, 2.05) is 6.07 Å². The molecule has 178 valence electrons. The molecule has 4 aromatic rings. The van der Waals surface area contributed by atoms with E-state index in [0.29, 0.717) is 17.0 Å². The first-order chi connectivity index (χ1) is 16.8. The minimum Gasteiger partial charge on any atom is -0.319 e. The van der Waals surface area contributed by atoms with Crippen LogP contribution in [0.5, 0.6) is 0 Å². The SMILES string of the molecule is Cc1ccc([N+](=O)[O-])c(NC(=O)CSc2nnc(-c3ccccc3)n2-c2ccc(F)cc2F)c1C. The van der Waals surface area contributed by atoms with Gasteiger partial charge in [0.2, 0.25) is 5.91 Å². The third-order valence-corrected chi connectivity index (χ3v) is 6.25. The van der Waals surface area contributed by atoms with Crippen LogP contribution < -0.4 is 5.32 Å². The average Bonchev–Trinajstić information content (AvgIpc) is 3.25. The van der Waals surface area contributed by atoms with Gasteiger partial charge in [0.15, 0.2) is 11.0 Å². The Morgan fingerprint density at radius 3 is 2.51 bits per heavy atom. The minimum absolute atomic E-state index is 0.0170. The fourth-order valence-electron chi connectivity index (χ4n) is 3.43. The summed E-state index contributed by atoms with van der Waals surface area (Å²) in [4.78, 5) is 23.6. The Kier molecular flexibility index (Phi) is 6.87. The highest BCUT2D eigenvalue weighted by Gasteiger charge is 2.22. The van der Waals surface area contributed by atoms with Gasteiger partial charge in [-0.15, -0.1) is 10.2 Å². The van der Waals surface area contributed by atoms with Crippen molar-refractivity contribution in [2.45, 2.75) is 19.0 Å². The van der Waals surface area contributed by atoms with Gasteiger partial charge in [-0.2, -0.15) is 0 Å². The van der Waals surface area contributed by atoms with E-state index in [2.05, 4.69) is 15.5 Å². The maximum Gasteiger partial charge on any atom is 0.293 e. The minimum atomic E-state index is -0.820. The second-order valence-electron chi connectivity index (χ2n) is 7.60.